The van der Waals surface area contributed by atoms with Crippen molar-refractivity contribution in [2.75, 3.05) is 20.2 Å². The first-order valence-corrected chi connectivity index (χ1v) is 10.1. The molecule has 1 fully saturated rings. The van der Waals surface area contributed by atoms with E-state index in [0.29, 0.717) is 10.1 Å². The number of benzene rings is 1. The molecule has 0 aliphatic carbocycles. The standard InChI is InChI=1S/C22H23F3N4O2/c1-14-6-8-15(9-7-14)18-11-19(22(23,24)25)29-20(27-18)17(12-26-29)21(30)31-13-16-5-3-4-10-28(16)2/h6-9,11-12,16H,3-5,10,13H2,1-2H3/t16-/m0/s1. The molecule has 3 aromatic rings. The van der Waals surface area contributed by atoms with Crippen LogP contribution in [0, 0.1) is 6.92 Å². The van der Waals surface area contributed by atoms with Crippen molar-refractivity contribution in [2.24, 2.45) is 0 Å². The summed E-state index contributed by atoms with van der Waals surface area (Å²) in [5, 5.41) is 3.79. The lowest BCUT2D eigenvalue weighted by atomic mass is 10.0. The summed E-state index contributed by atoms with van der Waals surface area (Å²) >= 11 is 0. The first-order chi connectivity index (χ1) is 14.7. The summed E-state index contributed by atoms with van der Waals surface area (Å²) in [6.07, 6.45) is -0.519. The molecule has 3 heterocycles. The number of fused-ring (bicyclic) bond motifs is 1. The lowest BCUT2D eigenvalue weighted by molar-refractivity contribution is -0.142. The number of ether oxygens (including phenoxy) is 1. The SMILES string of the molecule is Cc1ccc(-c2cc(C(F)(F)F)n3ncc(C(=O)OC[C@@H]4CCCCN4C)c3n2)cc1. The Bertz CT molecular complexity index is 1090. The van der Waals surface area contributed by atoms with Gasteiger partial charge in [0.25, 0.3) is 0 Å². The highest BCUT2D eigenvalue weighted by Gasteiger charge is 2.36. The van der Waals surface area contributed by atoms with Crippen molar-refractivity contribution in [3.05, 3.63) is 53.3 Å². The van der Waals surface area contributed by atoms with Gasteiger partial charge in [-0.3, -0.25) is 0 Å². The molecule has 4 rings (SSSR count). The fourth-order valence-electron chi connectivity index (χ4n) is 3.79. The van der Waals surface area contributed by atoms with Gasteiger partial charge in [0.1, 0.15) is 12.2 Å². The highest BCUT2D eigenvalue weighted by atomic mass is 19.4. The number of hydrogen-bond donors (Lipinski definition) is 0. The maximum absolute atomic E-state index is 13.7. The quantitative estimate of drug-likeness (QED) is 0.573. The molecule has 31 heavy (non-hydrogen) atoms. The minimum Gasteiger partial charge on any atom is -0.460 e. The van der Waals surface area contributed by atoms with Crippen LogP contribution in [0.5, 0.6) is 0 Å². The molecule has 1 aliphatic heterocycles. The van der Waals surface area contributed by atoms with Crippen LogP contribution in [0.25, 0.3) is 16.9 Å². The first-order valence-electron chi connectivity index (χ1n) is 10.1. The van der Waals surface area contributed by atoms with Gasteiger partial charge in [-0.05, 0) is 39.4 Å². The summed E-state index contributed by atoms with van der Waals surface area (Å²) in [4.78, 5) is 19.2. The zero-order valence-corrected chi connectivity index (χ0v) is 17.3. The van der Waals surface area contributed by atoms with Crippen molar-refractivity contribution in [1.82, 2.24) is 19.5 Å². The number of nitrogens with zero attached hydrogens (tertiary/aromatic N) is 4. The number of rotatable bonds is 4. The molecule has 1 aliphatic rings. The predicted octanol–water partition coefficient (Wildman–Crippen LogP) is 4.36. The topological polar surface area (TPSA) is 59.7 Å². The first kappa shape index (κ1) is 21.3. The fraction of sp³-hybridized carbons (Fsp3) is 0.409. The lowest BCUT2D eigenvalue weighted by Crippen LogP contribution is -2.39. The molecule has 1 aromatic carbocycles. The zero-order valence-electron chi connectivity index (χ0n) is 17.3. The number of halogens is 3. The number of alkyl halides is 3. The molecule has 0 N–H and O–H groups in total. The number of hydrogen-bond acceptors (Lipinski definition) is 5. The Labute approximate surface area is 177 Å². The van der Waals surface area contributed by atoms with E-state index in [0.717, 1.165) is 43.6 Å². The summed E-state index contributed by atoms with van der Waals surface area (Å²) in [6, 6.07) is 8.02. The summed E-state index contributed by atoms with van der Waals surface area (Å²) < 4.78 is 47.2. The van der Waals surface area contributed by atoms with E-state index in [1.165, 1.54) is 0 Å². The van der Waals surface area contributed by atoms with Gasteiger partial charge in [-0.25, -0.2) is 14.3 Å². The molecule has 1 saturated heterocycles. The monoisotopic (exact) mass is 432 g/mol. The molecule has 0 saturated carbocycles. The molecule has 0 amide bonds. The Morgan fingerprint density at radius 2 is 1.97 bits per heavy atom. The molecule has 0 bridgehead atoms. The molecule has 0 radical (unpaired) electrons. The molecule has 2 aromatic heterocycles. The number of carbonyl (C=O) groups is 1. The highest BCUT2D eigenvalue weighted by Crippen LogP contribution is 2.33. The van der Waals surface area contributed by atoms with Gasteiger partial charge in [-0.2, -0.15) is 18.3 Å². The van der Waals surface area contributed by atoms with Gasteiger partial charge >= 0.3 is 12.1 Å². The minimum absolute atomic E-state index is 0.0853. The highest BCUT2D eigenvalue weighted by molar-refractivity contribution is 5.96. The Hall–Kier alpha value is -2.94. The van der Waals surface area contributed by atoms with E-state index in [9.17, 15) is 18.0 Å². The van der Waals surface area contributed by atoms with E-state index in [1.807, 2.05) is 14.0 Å². The fourth-order valence-corrected chi connectivity index (χ4v) is 3.79. The van der Waals surface area contributed by atoms with Crippen LogP contribution in [0.4, 0.5) is 13.2 Å². The Kier molecular flexibility index (Phi) is 5.70. The Morgan fingerprint density at radius 3 is 2.65 bits per heavy atom. The zero-order chi connectivity index (χ0) is 22.2. The van der Waals surface area contributed by atoms with Gasteiger partial charge < -0.3 is 9.64 Å². The van der Waals surface area contributed by atoms with Gasteiger partial charge in [0, 0.05) is 11.6 Å². The van der Waals surface area contributed by atoms with Gasteiger partial charge in [0.15, 0.2) is 11.3 Å². The maximum Gasteiger partial charge on any atom is 0.433 e. The Morgan fingerprint density at radius 1 is 1.23 bits per heavy atom. The summed E-state index contributed by atoms with van der Waals surface area (Å²) in [6.45, 7) is 2.99. The lowest BCUT2D eigenvalue weighted by Gasteiger charge is -2.31. The van der Waals surface area contributed by atoms with Crippen molar-refractivity contribution < 1.29 is 22.7 Å². The number of aromatic nitrogens is 3. The molecular formula is C22H23F3N4O2. The predicted molar refractivity (Wildman–Crippen MR) is 109 cm³/mol. The number of esters is 1. The van der Waals surface area contributed by atoms with E-state index in [4.69, 9.17) is 4.74 Å². The second kappa shape index (κ2) is 8.30. The number of likely N-dealkylation sites (tertiary alicyclic amines) is 1. The van der Waals surface area contributed by atoms with Crippen LogP contribution in [0.1, 0.15) is 40.9 Å². The smallest absolute Gasteiger partial charge is 0.433 e. The number of aryl methyl sites for hydroxylation is 1. The summed E-state index contributed by atoms with van der Waals surface area (Å²) in [5.74, 6) is -0.726. The van der Waals surface area contributed by atoms with Gasteiger partial charge in [-0.1, -0.05) is 36.2 Å². The van der Waals surface area contributed by atoms with Gasteiger partial charge in [-0.15, -0.1) is 0 Å². The van der Waals surface area contributed by atoms with Crippen LogP contribution in [0.3, 0.4) is 0 Å². The van der Waals surface area contributed by atoms with Gasteiger partial charge in [0.05, 0.1) is 11.9 Å². The molecule has 0 unspecified atom stereocenters. The van der Waals surface area contributed by atoms with E-state index in [-0.39, 0.29) is 29.6 Å². The molecule has 1 atom stereocenters. The van der Waals surface area contributed by atoms with Crippen molar-refractivity contribution >= 4 is 11.6 Å². The second-order valence-corrected chi connectivity index (χ2v) is 7.91. The Balaban J connectivity index is 1.70. The molecule has 0 spiro atoms. The van der Waals surface area contributed by atoms with Crippen molar-refractivity contribution in [2.45, 2.75) is 38.4 Å². The van der Waals surface area contributed by atoms with Crippen molar-refractivity contribution in [3.8, 4) is 11.3 Å². The third-order valence-corrected chi connectivity index (χ3v) is 5.66. The van der Waals surface area contributed by atoms with Crippen LogP contribution >= 0.6 is 0 Å². The average molecular weight is 432 g/mol. The van der Waals surface area contributed by atoms with E-state index < -0.39 is 17.8 Å². The van der Waals surface area contributed by atoms with Crippen LogP contribution in [-0.4, -0.2) is 51.7 Å². The average Bonchev–Trinajstić information content (AvgIpc) is 3.16. The molecular weight excluding hydrogens is 409 g/mol. The van der Waals surface area contributed by atoms with Crippen molar-refractivity contribution in [1.29, 1.82) is 0 Å². The van der Waals surface area contributed by atoms with Crippen LogP contribution in [0.15, 0.2) is 36.5 Å². The van der Waals surface area contributed by atoms with Crippen LogP contribution < -0.4 is 0 Å². The summed E-state index contributed by atoms with van der Waals surface area (Å²) in [7, 11) is 1.97. The molecule has 6 nitrogen and oxygen atoms in total. The normalized spacial score (nSPS) is 17.8. The van der Waals surface area contributed by atoms with Crippen molar-refractivity contribution in [3.63, 3.8) is 0 Å². The van der Waals surface area contributed by atoms with E-state index >= 15 is 0 Å². The van der Waals surface area contributed by atoms with E-state index in [1.54, 1.807) is 24.3 Å². The largest absolute Gasteiger partial charge is 0.460 e. The third-order valence-electron chi connectivity index (χ3n) is 5.66. The maximum atomic E-state index is 13.7. The summed E-state index contributed by atoms with van der Waals surface area (Å²) in [5.41, 5.74) is 0.343. The van der Waals surface area contributed by atoms with E-state index in [2.05, 4.69) is 15.0 Å². The van der Waals surface area contributed by atoms with Crippen LogP contribution in [0.2, 0.25) is 0 Å². The number of likely N-dealkylation sites (N-methyl/N-ethyl adjacent to an activating group) is 1. The van der Waals surface area contributed by atoms with Crippen LogP contribution in [-0.2, 0) is 10.9 Å². The minimum atomic E-state index is -4.67. The molecule has 9 heteroatoms. The molecule has 164 valence electrons. The third kappa shape index (κ3) is 4.41. The van der Waals surface area contributed by atoms with Gasteiger partial charge in [0.2, 0.25) is 0 Å². The number of piperidine rings is 1. The number of carbonyl (C=O) groups excluding carboxylic acids is 1. The second-order valence-electron chi connectivity index (χ2n) is 7.91.